The van der Waals surface area contributed by atoms with Gasteiger partial charge in [0, 0.05) is 11.6 Å². The van der Waals surface area contributed by atoms with E-state index in [9.17, 15) is 4.39 Å². The Bertz CT molecular complexity index is 1010. The Kier molecular flexibility index (Phi) is 8.04. The first-order chi connectivity index (χ1) is 15.1. The third-order valence-corrected chi connectivity index (χ3v) is 5.97. The van der Waals surface area contributed by atoms with Crippen molar-refractivity contribution in [2.24, 2.45) is 5.92 Å². The standard InChI is InChI=1S/C23H28FN5O2.ClH/c1-16-10-12-28(13-11-16)22(20-9-8-19(30-2)14-21(20)31-3)23-25-26-27-29(23)15-17-4-6-18(24)7-5-17;/h4-9,14,16,22H,10-13,15H2,1-3H3;1H. The van der Waals surface area contributed by atoms with E-state index in [1.807, 2.05) is 18.2 Å². The molecular formula is C23H29ClFN5O2. The summed E-state index contributed by atoms with van der Waals surface area (Å²) in [6.07, 6.45) is 2.24. The van der Waals surface area contributed by atoms with Crippen molar-refractivity contribution in [2.45, 2.75) is 32.4 Å². The highest BCUT2D eigenvalue weighted by Crippen LogP contribution is 2.37. The summed E-state index contributed by atoms with van der Waals surface area (Å²) in [7, 11) is 3.30. The van der Waals surface area contributed by atoms with Gasteiger partial charge < -0.3 is 9.47 Å². The zero-order chi connectivity index (χ0) is 21.8. The maximum Gasteiger partial charge on any atom is 0.173 e. The molecule has 172 valence electrons. The second-order valence-electron chi connectivity index (χ2n) is 8.05. The normalized spacial score (nSPS) is 15.8. The number of benzene rings is 2. The summed E-state index contributed by atoms with van der Waals surface area (Å²) in [6.45, 7) is 4.65. The van der Waals surface area contributed by atoms with Gasteiger partial charge in [-0.05, 0) is 72.1 Å². The first kappa shape index (κ1) is 23.9. The van der Waals surface area contributed by atoms with Crippen LogP contribution in [0.1, 0.15) is 42.8 Å². The summed E-state index contributed by atoms with van der Waals surface area (Å²) >= 11 is 0. The lowest BCUT2D eigenvalue weighted by Gasteiger charge is -2.36. The Labute approximate surface area is 193 Å². The van der Waals surface area contributed by atoms with Gasteiger partial charge in [-0.1, -0.05) is 19.1 Å². The minimum Gasteiger partial charge on any atom is -0.497 e. The molecule has 1 atom stereocenters. The van der Waals surface area contributed by atoms with Crippen LogP contribution in [0.3, 0.4) is 0 Å². The van der Waals surface area contributed by atoms with Crippen LogP contribution in [0.15, 0.2) is 42.5 Å². The number of rotatable bonds is 7. The average Bonchev–Trinajstić information content (AvgIpc) is 3.24. The lowest BCUT2D eigenvalue weighted by molar-refractivity contribution is 0.148. The van der Waals surface area contributed by atoms with Crippen LogP contribution in [0, 0.1) is 11.7 Å². The van der Waals surface area contributed by atoms with Crippen molar-refractivity contribution in [1.29, 1.82) is 0 Å². The van der Waals surface area contributed by atoms with E-state index >= 15 is 0 Å². The zero-order valence-corrected chi connectivity index (χ0v) is 19.4. The molecule has 0 saturated carbocycles. The summed E-state index contributed by atoms with van der Waals surface area (Å²) < 4.78 is 26.2. The predicted molar refractivity (Wildman–Crippen MR) is 122 cm³/mol. The van der Waals surface area contributed by atoms with Gasteiger partial charge >= 0.3 is 0 Å². The Morgan fingerprint density at radius 3 is 2.44 bits per heavy atom. The van der Waals surface area contributed by atoms with E-state index in [1.54, 1.807) is 31.0 Å². The summed E-state index contributed by atoms with van der Waals surface area (Å²) in [5, 5.41) is 12.6. The topological polar surface area (TPSA) is 65.3 Å². The molecule has 9 heteroatoms. The van der Waals surface area contributed by atoms with Crippen LogP contribution in [0.2, 0.25) is 0 Å². The molecule has 3 aromatic rings. The van der Waals surface area contributed by atoms with Crippen LogP contribution in [-0.4, -0.2) is 52.4 Å². The smallest absolute Gasteiger partial charge is 0.173 e. The first-order valence-electron chi connectivity index (χ1n) is 10.6. The number of likely N-dealkylation sites (tertiary alicyclic amines) is 1. The predicted octanol–water partition coefficient (Wildman–Crippen LogP) is 4.12. The highest BCUT2D eigenvalue weighted by molar-refractivity contribution is 5.85. The van der Waals surface area contributed by atoms with Crippen LogP contribution in [0.25, 0.3) is 0 Å². The molecule has 0 N–H and O–H groups in total. The maximum absolute atomic E-state index is 13.3. The highest BCUT2D eigenvalue weighted by atomic mass is 35.5. The number of aromatic nitrogens is 4. The molecule has 32 heavy (non-hydrogen) atoms. The minimum atomic E-state index is -0.260. The van der Waals surface area contributed by atoms with Gasteiger partial charge in [-0.2, -0.15) is 0 Å². The van der Waals surface area contributed by atoms with Crippen molar-refractivity contribution in [3.05, 3.63) is 65.2 Å². The van der Waals surface area contributed by atoms with Crippen molar-refractivity contribution in [1.82, 2.24) is 25.1 Å². The summed E-state index contributed by atoms with van der Waals surface area (Å²) in [5.41, 5.74) is 1.93. The van der Waals surface area contributed by atoms with Gasteiger partial charge in [0.2, 0.25) is 0 Å². The van der Waals surface area contributed by atoms with Crippen LogP contribution >= 0.6 is 12.4 Å². The number of halogens is 2. The molecule has 0 amide bonds. The Morgan fingerprint density at radius 2 is 1.78 bits per heavy atom. The number of tetrazole rings is 1. The van der Waals surface area contributed by atoms with Crippen molar-refractivity contribution < 1.29 is 13.9 Å². The van der Waals surface area contributed by atoms with Gasteiger partial charge in [0.1, 0.15) is 23.4 Å². The fourth-order valence-corrected chi connectivity index (χ4v) is 4.11. The molecule has 1 aliphatic rings. The van der Waals surface area contributed by atoms with E-state index in [2.05, 4.69) is 27.3 Å². The maximum atomic E-state index is 13.3. The molecule has 1 unspecified atom stereocenters. The molecule has 1 saturated heterocycles. The summed E-state index contributed by atoms with van der Waals surface area (Å²) in [5.74, 6) is 2.65. The molecule has 0 aliphatic carbocycles. The molecule has 1 aliphatic heterocycles. The molecule has 4 rings (SSSR count). The summed E-state index contributed by atoms with van der Waals surface area (Å²) in [4.78, 5) is 2.41. The fourth-order valence-electron chi connectivity index (χ4n) is 4.11. The lowest BCUT2D eigenvalue weighted by Crippen LogP contribution is -2.38. The van der Waals surface area contributed by atoms with Crippen LogP contribution in [-0.2, 0) is 6.54 Å². The van der Waals surface area contributed by atoms with Gasteiger partial charge in [-0.3, -0.25) is 4.90 Å². The Balaban J connectivity index is 0.00000289. The summed E-state index contributed by atoms with van der Waals surface area (Å²) in [6, 6.07) is 12.1. The number of hydrogen-bond donors (Lipinski definition) is 0. The molecule has 0 radical (unpaired) electrons. The number of nitrogens with zero attached hydrogens (tertiary/aromatic N) is 5. The van der Waals surface area contributed by atoms with Crippen LogP contribution in [0.5, 0.6) is 11.5 Å². The number of hydrogen-bond acceptors (Lipinski definition) is 6. The van der Waals surface area contributed by atoms with Gasteiger partial charge in [-0.15, -0.1) is 17.5 Å². The van der Waals surface area contributed by atoms with E-state index in [0.29, 0.717) is 12.5 Å². The molecule has 1 aromatic heterocycles. The van der Waals surface area contributed by atoms with Crippen molar-refractivity contribution in [3.63, 3.8) is 0 Å². The Hall–Kier alpha value is -2.71. The quantitative estimate of drug-likeness (QED) is 0.527. The lowest BCUT2D eigenvalue weighted by atomic mass is 9.95. The van der Waals surface area contributed by atoms with Crippen LogP contribution in [0.4, 0.5) is 4.39 Å². The molecule has 1 fully saturated rings. The van der Waals surface area contributed by atoms with Crippen molar-refractivity contribution in [3.8, 4) is 11.5 Å². The third-order valence-electron chi connectivity index (χ3n) is 5.97. The van der Waals surface area contributed by atoms with E-state index in [-0.39, 0.29) is 24.3 Å². The average molecular weight is 462 g/mol. The van der Waals surface area contributed by atoms with Crippen molar-refractivity contribution >= 4 is 12.4 Å². The molecule has 0 bridgehead atoms. The Morgan fingerprint density at radius 1 is 1.06 bits per heavy atom. The largest absolute Gasteiger partial charge is 0.497 e. The number of piperidine rings is 1. The second kappa shape index (κ2) is 10.7. The molecule has 2 heterocycles. The highest BCUT2D eigenvalue weighted by Gasteiger charge is 2.32. The van der Waals surface area contributed by atoms with Gasteiger partial charge in [-0.25, -0.2) is 9.07 Å². The molecule has 7 nitrogen and oxygen atoms in total. The van der Waals surface area contributed by atoms with Crippen molar-refractivity contribution in [2.75, 3.05) is 27.3 Å². The SMILES string of the molecule is COc1ccc(C(c2nnnn2Cc2ccc(F)cc2)N2CCC(C)CC2)c(OC)c1.Cl. The number of methoxy groups -OCH3 is 2. The van der Waals surface area contributed by atoms with E-state index in [1.165, 1.54) is 12.1 Å². The van der Waals surface area contributed by atoms with E-state index < -0.39 is 0 Å². The first-order valence-corrected chi connectivity index (χ1v) is 10.6. The van der Waals surface area contributed by atoms with Gasteiger partial charge in [0.15, 0.2) is 5.82 Å². The second-order valence-corrected chi connectivity index (χ2v) is 8.05. The monoisotopic (exact) mass is 461 g/mol. The van der Waals surface area contributed by atoms with Gasteiger partial charge in [0.25, 0.3) is 0 Å². The van der Waals surface area contributed by atoms with Gasteiger partial charge in [0.05, 0.1) is 20.8 Å². The molecule has 2 aromatic carbocycles. The number of ether oxygens (including phenoxy) is 2. The fraction of sp³-hybridized carbons (Fsp3) is 0.435. The molecular weight excluding hydrogens is 433 g/mol. The van der Waals surface area contributed by atoms with E-state index in [0.717, 1.165) is 54.4 Å². The minimum absolute atomic E-state index is 0. The van der Waals surface area contributed by atoms with E-state index in [4.69, 9.17) is 9.47 Å². The van der Waals surface area contributed by atoms with Crippen LogP contribution < -0.4 is 9.47 Å². The zero-order valence-electron chi connectivity index (χ0n) is 18.6. The third kappa shape index (κ3) is 5.19. The molecule has 0 spiro atoms.